The van der Waals surface area contributed by atoms with Gasteiger partial charge in [-0.15, -0.1) is 0 Å². The van der Waals surface area contributed by atoms with Crippen LogP contribution in [0.15, 0.2) is 0 Å². The number of carbonyl (C=O) groups excluding carboxylic acids is 2. The molecule has 0 aliphatic carbocycles. The van der Waals surface area contributed by atoms with Crippen LogP contribution in [0.3, 0.4) is 0 Å². The van der Waals surface area contributed by atoms with Gasteiger partial charge in [-0.3, -0.25) is 19.2 Å². The van der Waals surface area contributed by atoms with E-state index >= 15 is 0 Å². The van der Waals surface area contributed by atoms with Gasteiger partial charge in [-0.2, -0.15) is 0 Å². The molecule has 0 saturated carbocycles. The van der Waals surface area contributed by atoms with Crippen molar-refractivity contribution in [3.8, 4) is 0 Å². The van der Waals surface area contributed by atoms with Gasteiger partial charge in [0.2, 0.25) is 11.8 Å². The minimum absolute atomic E-state index is 0.173. The van der Waals surface area contributed by atoms with Crippen LogP contribution in [-0.4, -0.2) is 53.6 Å². The first-order valence-corrected chi connectivity index (χ1v) is 4.44. The highest BCUT2D eigenvalue weighted by Gasteiger charge is 1.98. The van der Waals surface area contributed by atoms with Gasteiger partial charge in [0.25, 0.3) is 0 Å². The minimum Gasteiger partial charge on any atom is -0.480 e. The minimum atomic E-state index is -1.07. The molecule has 0 aromatic heterocycles. The summed E-state index contributed by atoms with van der Waals surface area (Å²) in [4.78, 5) is 39.6. The van der Waals surface area contributed by atoms with Gasteiger partial charge in [0.05, 0.1) is 6.54 Å². The first-order chi connectivity index (χ1) is 7.79. The van der Waals surface area contributed by atoms with Crippen LogP contribution in [0.4, 0.5) is 0 Å². The largest absolute Gasteiger partial charge is 0.480 e. The van der Waals surface area contributed by atoms with Gasteiger partial charge in [-0.1, -0.05) is 0 Å². The maximum atomic E-state index is 10.2. The lowest BCUT2D eigenvalue weighted by Crippen LogP contribution is -2.34. The molecule has 17 heavy (non-hydrogen) atoms. The molecule has 0 bridgehead atoms. The van der Waals surface area contributed by atoms with Crippen molar-refractivity contribution in [1.82, 2.24) is 10.6 Å². The highest BCUT2D eigenvalue weighted by molar-refractivity contribution is 5.82. The third-order valence-electron chi connectivity index (χ3n) is 1.11. The van der Waals surface area contributed by atoms with E-state index < -0.39 is 17.8 Å². The molecule has 0 aromatic rings. The Morgan fingerprint density at radius 1 is 1.00 bits per heavy atom. The Hall–Kier alpha value is -2.16. The molecule has 0 radical (unpaired) electrons. The molecule has 0 heterocycles. The highest BCUT2D eigenvalue weighted by atomic mass is 16.4. The van der Waals surface area contributed by atoms with Crippen LogP contribution in [0.5, 0.6) is 0 Å². The maximum absolute atomic E-state index is 10.2. The Morgan fingerprint density at radius 3 is 1.65 bits per heavy atom. The smallest absolute Gasteiger partial charge is 0.322 e. The van der Waals surface area contributed by atoms with Crippen molar-refractivity contribution in [3.05, 3.63) is 0 Å². The predicted octanol–water partition coefficient (Wildman–Crippen LogP) is -2.65. The number of aliphatic carboxylic acids is 2. The highest BCUT2D eigenvalue weighted by Crippen LogP contribution is 1.61. The zero-order valence-corrected chi connectivity index (χ0v) is 9.23. The predicted molar refractivity (Wildman–Crippen MR) is 56.0 cm³/mol. The van der Waals surface area contributed by atoms with Crippen molar-refractivity contribution >= 4 is 23.8 Å². The van der Waals surface area contributed by atoms with E-state index in [1.807, 2.05) is 0 Å². The summed E-state index contributed by atoms with van der Waals surface area (Å²) in [6.07, 6.45) is 0. The summed E-state index contributed by atoms with van der Waals surface area (Å²) in [6, 6.07) is 0. The molecule has 0 aliphatic rings. The molecule has 0 aliphatic heterocycles. The normalized spacial score (nSPS) is 8.35. The van der Waals surface area contributed by atoms with Gasteiger partial charge in [0.1, 0.15) is 13.1 Å². The van der Waals surface area contributed by atoms with E-state index in [-0.39, 0.29) is 25.5 Å². The van der Waals surface area contributed by atoms with Crippen LogP contribution >= 0.6 is 0 Å². The fourth-order valence-corrected chi connectivity index (χ4v) is 0.446. The summed E-state index contributed by atoms with van der Waals surface area (Å²) < 4.78 is 0. The van der Waals surface area contributed by atoms with Crippen molar-refractivity contribution < 1.29 is 29.4 Å². The summed E-state index contributed by atoms with van der Waals surface area (Å²) in [6.45, 7) is 0.432. The van der Waals surface area contributed by atoms with Crippen LogP contribution in [-0.2, 0) is 19.2 Å². The molecule has 0 spiro atoms. The molecule has 0 rings (SSSR count). The average Bonchev–Trinajstić information content (AvgIpc) is 2.23. The van der Waals surface area contributed by atoms with Crippen LogP contribution in [0.25, 0.3) is 0 Å². The summed E-state index contributed by atoms with van der Waals surface area (Å²) in [5.74, 6) is -2.89. The van der Waals surface area contributed by atoms with Crippen LogP contribution < -0.4 is 16.4 Å². The second kappa shape index (κ2) is 10.4. The molecule has 6 N–H and O–H groups in total. The van der Waals surface area contributed by atoms with Crippen LogP contribution in [0.1, 0.15) is 6.92 Å². The number of hydrogen-bond acceptors (Lipinski definition) is 5. The number of hydrogen-bond donors (Lipinski definition) is 5. The van der Waals surface area contributed by atoms with Gasteiger partial charge in [-0.05, 0) is 0 Å². The van der Waals surface area contributed by atoms with Crippen molar-refractivity contribution in [2.75, 3.05) is 19.6 Å². The standard InChI is InChI=1S/C4H8N2O3.C4H7NO3/c5-1-3(7)6-2-4(8)9;1-3(6)5-2-4(7)8/h1-2,5H2,(H,6,7)(H,8,9);2H2,1H3,(H,5,6)(H,7,8). The van der Waals surface area contributed by atoms with E-state index in [9.17, 15) is 19.2 Å². The number of carboxylic acid groups (broad SMARTS) is 2. The lowest BCUT2D eigenvalue weighted by Gasteiger charge is -1.95. The third-order valence-corrected chi connectivity index (χ3v) is 1.11. The topological polar surface area (TPSA) is 159 Å². The van der Waals surface area contributed by atoms with Gasteiger partial charge >= 0.3 is 11.9 Å². The summed E-state index contributed by atoms with van der Waals surface area (Å²) in [7, 11) is 0. The van der Waals surface area contributed by atoms with E-state index in [1.165, 1.54) is 6.92 Å². The molecular weight excluding hydrogens is 234 g/mol. The Labute approximate surface area is 97.0 Å². The van der Waals surface area contributed by atoms with Crippen molar-refractivity contribution in [2.45, 2.75) is 6.92 Å². The first-order valence-electron chi connectivity index (χ1n) is 4.44. The van der Waals surface area contributed by atoms with Gasteiger partial charge < -0.3 is 26.6 Å². The first kappa shape index (κ1) is 17.2. The quantitative estimate of drug-likeness (QED) is 0.356. The summed E-state index contributed by atoms with van der Waals surface area (Å²) in [5.41, 5.74) is 4.85. The molecule has 0 fully saturated rings. The van der Waals surface area contributed by atoms with E-state index in [0.29, 0.717) is 0 Å². The molecule has 98 valence electrons. The Morgan fingerprint density at radius 2 is 1.41 bits per heavy atom. The van der Waals surface area contributed by atoms with E-state index in [2.05, 4.69) is 10.6 Å². The van der Waals surface area contributed by atoms with Crippen molar-refractivity contribution in [3.63, 3.8) is 0 Å². The fraction of sp³-hybridized carbons (Fsp3) is 0.500. The van der Waals surface area contributed by atoms with Gasteiger partial charge in [0, 0.05) is 6.92 Å². The lowest BCUT2D eigenvalue weighted by molar-refractivity contribution is -0.138. The Balaban J connectivity index is 0. The molecular formula is C8H15N3O6. The number of nitrogens with one attached hydrogen (secondary N) is 2. The zero-order valence-electron chi connectivity index (χ0n) is 9.23. The van der Waals surface area contributed by atoms with E-state index in [0.717, 1.165) is 0 Å². The van der Waals surface area contributed by atoms with Gasteiger partial charge in [0.15, 0.2) is 0 Å². The van der Waals surface area contributed by atoms with Crippen LogP contribution in [0, 0.1) is 0 Å². The SMILES string of the molecule is CC(=O)NCC(=O)O.NCC(=O)NCC(=O)O. The number of nitrogens with two attached hydrogens (primary N) is 1. The molecule has 0 aromatic carbocycles. The fourth-order valence-electron chi connectivity index (χ4n) is 0.446. The van der Waals surface area contributed by atoms with Crippen molar-refractivity contribution in [2.24, 2.45) is 5.73 Å². The Bertz CT molecular complexity index is 277. The van der Waals surface area contributed by atoms with E-state index in [4.69, 9.17) is 15.9 Å². The average molecular weight is 249 g/mol. The van der Waals surface area contributed by atoms with Crippen LogP contribution in [0.2, 0.25) is 0 Å². The second-order valence-electron chi connectivity index (χ2n) is 2.68. The number of amides is 2. The molecule has 9 heteroatoms. The summed E-state index contributed by atoms with van der Waals surface area (Å²) >= 11 is 0. The van der Waals surface area contributed by atoms with Gasteiger partial charge in [-0.25, -0.2) is 0 Å². The molecule has 9 nitrogen and oxygen atoms in total. The molecule has 0 unspecified atom stereocenters. The Kier molecular flexibility index (Phi) is 10.5. The van der Waals surface area contributed by atoms with Crippen molar-refractivity contribution in [1.29, 1.82) is 0 Å². The number of carboxylic acids is 2. The monoisotopic (exact) mass is 249 g/mol. The maximum Gasteiger partial charge on any atom is 0.322 e. The number of rotatable bonds is 5. The molecule has 2 amide bonds. The molecule has 0 atom stereocenters. The lowest BCUT2D eigenvalue weighted by atomic mass is 10.5. The molecule has 0 saturated heterocycles. The number of carbonyl (C=O) groups is 4. The third kappa shape index (κ3) is 20.0. The summed E-state index contributed by atoms with van der Waals surface area (Å²) in [5, 5.41) is 20.1. The zero-order chi connectivity index (χ0) is 13.8. The van der Waals surface area contributed by atoms with E-state index in [1.54, 1.807) is 0 Å². The second-order valence-corrected chi connectivity index (χ2v) is 2.68.